The molecule has 0 atom stereocenters. The van der Waals surface area contributed by atoms with Gasteiger partial charge in [-0.3, -0.25) is 0 Å². The Morgan fingerprint density at radius 2 is 0.836 bits per heavy atom. The monoisotopic (exact) mass is 694 g/mol. The van der Waals surface area contributed by atoms with Gasteiger partial charge in [-0.25, -0.2) is 0 Å². The van der Waals surface area contributed by atoms with E-state index < -0.39 is 0 Å². The summed E-state index contributed by atoms with van der Waals surface area (Å²) in [4.78, 5) is 0. The van der Waals surface area contributed by atoms with Crippen molar-refractivity contribution < 1.29 is 4.42 Å². The molecule has 0 unspecified atom stereocenters. The Hall–Kier alpha value is -7.22. The van der Waals surface area contributed by atoms with Gasteiger partial charge in [-0.05, 0) is 139 Å². The highest BCUT2D eigenvalue weighted by atomic mass is 16.3. The van der Waals surface area contributed by atoms with Crippen molar-refractivity contribution in [2.45, 2.75) is 0 Å². The van der Waals surface area contributed by atoms with Gasteiger partial charge in [0.1, 0.15) is 11.2 Å². The predicted molar refractivity (Wildman–Crippen MR) is 236 cm³/mol. The molecule has 1 aromatic heterocycles. The molecule has 55 heavy (non-hydrogen) atoms. The number of benzene rings is 12. The second kappa shape index (κ2) is 10.7. The highest BCUT2D eigenvalue weighted by Gasteiger charge is 2.22. The smallest absolute Gasteiger partial charge is 0.136 e. The third kappa shape index (κ3) is 4.02. The number of rotatable bonds is 2. The van der Waals surface area contributed by atoms with Gasteiger partial charge in [0.25, 0.3) is 0 Å². The lowest BCUT2D eigenvalue weighted by Crippen LogP contribution is -1.91. The summed E-state index contributed by atoms with van der Waals surface area (Å²) in [5.74, 6) is 0. The molecule has 0 bridgehead atoms. The van der Waals surface area contributed by atoms with Gasteiger partial charge in [0.15, 0.2) is 0 Å². The maximum Gasteiger partial charge on any atom is 0.136 e. The van der Waals surface area contributed by atoms with Crippen LogP contribution in [0.3, 0.4) is 0 Å². The lowest BCUT2D eigenvalue weighted by Gasteiger charge is -2.18. The molecule has 0 aliphatic carbocycles. The van der Waals surface area contributed by atoms with E-state index in [1.54, 1.807) is 0 Å². The molecule has 0 aliphatic heterocycles. The van der Waals surface area contributed by atoms with Crippen molar-refractivity contribution in [2.75, 3.05) is 0 Å². The van der Waals surface area contributed by atoms with E-state index in [4.69, 9.17) is 4.42 Å². The van der Waals surface area contributed by atoms with Gasteiger partial charge in [0.05, 0.1) is 0 Å². The zero-order chi connectivity index (χ0) is 35.8. The van der Waals surface area contributed by atoms with Crippen molar-refractivity contribution in [1.29, 1.82) is 0 Å². The van der Waals surface area contributed by atoms with Gasteiger partial charge in [-0.2, -0.15) is 0 Å². The fraction of sp³-hybridized carbons (Fsp3) is 0. The van der Waals surface area contributed by atoms with E-state index in [1.165, 1.54) is 103 Å². The van der Waals surface area contributed by atoms with Gasteiger partial charge in [-0.1, -0.05) is 152 Å². The van der Waals surface area contributed by atoms with Crippen LogP contribution in [0.1, 0.15) is 0 Å². The van der Waals surface area contributed by atoms with Crippen LogP contribution in [0.4, 0.5) is 0 Å². The first-order valence-electron chi connectivity index (χ1n) is 19.1. The van der Waals surface area contributed by atoms with Gasteiger partial charge >= 0.3 is 0 Å². The molecule has 12 aromatic carbocycles. The van der Waals surface area contributed by atoms with Crippen LogP contribution < -0.4 is 0 Å². The highest BCUT2D eigenvalue weighted by Crippen LogP contribution is 2.49. The van der Waals surface area contributed by atoms with Crippen molar-refractivity contribution in [3.05, 3.63) is 182 Å². The molecule has 13 aromatic rings. The molecule has 0 aliphatic rings. The van der Waals surface area contributed by atoms with E-state index in [2.05, 4.69) is 182 Å². The van der Waals surface area contributed by atoms with Crippen molar-refractivity contribution >= 4 is 108 Å². The van der Waals surface area contributed by atoms with Crippen LogP contribution in [0.2, 0.25) is 0 Å². The average molecular weight is 695 g/mol. The molecule has 0 saturated carbocycles. The minimum Gasteiger partial charge on any atom is -0.456 e. The van der Waals surface area contributed by atoms with E-state index >= 15 is 0 Å². The molecule has 0 spiro atoms. The molecule has 1 heteroatoms. The molecule has 0 fully saturated rings. The molecule has 1 nitrogen and oxygen atoms in total. The zero-order valence-electron chi connectivity index (χ0n) is 29.7. The molecule has 252 valence electrons. The molecule has 0 N–H and O–H groups in total. The summed E-state index contributed by atoms with van der Waals surface area (Å²) in [6, 6.07) is 67.5. The van der Waals surface area contributed by atoms with Crippen molar-refractivity contribution in [3.8, 4) is 22.3 Å². The van der Waals surface area contributed by atoms with Crippen molar-refractivity contribution in [1.82, 2.24) is 0 Å². The summed E-state index contributed by atoms with van der Waals surface area (Å²) in [6.45, 7) is 0. The van der Waals surface area contributed by atoms with E-state index in [0.717, 1.165) is 27.5 Å². The van der Waals surface area contributed by atoms with Crippen LogP contribution in [-0.2, 0) is 0 Å². The molecule has 1 heterocycles. The lowest BCUT2D eigenvalue weighted by molar-refractivity contribution is 0.669. The number of hydrogen-bond acceptors (Lipinski definition) is 1. The summed E-state index contributed by atoms with van der Waals surface area (Å²) in [5.41, 5.74) is 6.59. The Balaban J connectivity index is 1.25. The van der Waals surface area contributed by atoms with Crippen LogP contribution in [0.25, 0.3) is 130 Å². The summed E-state index contributed by atoms with van der Waals surface area (Å²) >= 11 is 0. The molecular formula is C54H30O. The number of furan rings is 1. The lowest BCUT2D eigenvalue weighted by atomic mass is 9.84. The topological polar surface area (TPSA) is 13.1 Å². The summed E-state index contributed by atoms with van der Waals surface area (Å²) in [6.07, 6.45) is 0. The van der Waals surface area contributed by atoms with E-state index in [0.29, 0.717) is 0 Å². The van der Waals surface area contributed by atoms with Crippen LogP contribution >= 0.6 is 0 Å². The Kier molecular flexibility index (Phi) is 5.69. The predicted octanol–water partition coefficient (Wildman–Crippen LogP) is 15.6. The van der Waals surface area contributed by atoms with E-state index in [-0.39, 0.29) is 0 Å². The Bertz CT molecular complexity index is 3750. The normalized spacial score (nSPS) is 12.4. The zero-order valence-corrected chi connectivity index (χ0v) is 29.7. The summed E-state index contributed by atoms with van der Waals surface area (Å²) in [5, 5.41) is 22.4. The SMILES string of the molecule is c1ccc2cc3c(cc2c1)oc1cc(-c2ccc4ccc5cccc6ccc2c4c56)cc(-c2c4ccc5ccccc5c4cc4ccc5ccccc5c24)c13. The first-order chi connectivity index (χ1) is 27.2. The third-order valence-electron chi connectivity index (χ3n) is 12.3. The Labute approximate surface area is 315 Å². The molecule has 0 saturated heterocycles. The number of fused-ring (bicyclic) bond motifs is 10. The van der Waals surface area contributed by atoms with Gasteiger partial charge in [0, 0.05) is 10.8 Å². The first-order valence-corrected chi connectivity index (χ1v) is 19.1. The highest BCUT2D eigenvalue weighted by molar-refractivity contribution is 6.30. The molecular weight excluding hydrogens is 665 g/mol. The fourth-order valence-corrected chi connectivity index (χ4v) is 9.86. The average Bonchev–Trinajstić information content (AvgIpc) is 3.60. The van der Waals surface area contributed by atoms with Gasteiger partial charge < -0.3 is 4.42 Å². The minimum atomic E-state index is 0.898. The van der Waals surface area contributed by atoms with E-state index in [1.807, 2.05) is 0 Å². The van der Waals surface area contributed by atoms with Crippen LogP contribution in [-0.4, -0.2) is 0 Å². The van der Waals surface area contributed by atoms with Crippen molar-refractivity contribution in [3.63, 3.8) is 0 Å². The standard InChI is InChI=1S/C54H30O/c1-2-11-37-29-48-46(26-36(37)10-1)53-47(28-39(30-49(53)55-48)41-23-21-35-18-17-33-12-7-13-34-22-25-43(41)51(35)50(33)34)54-44-24-20-31-8-3-5-14-40(31)45(44)27-38-19-16-32-9-4-6-15-42(32)52(38)54/h1-30H. The number of hydrogen-bond donors (Lipinski definition) is 0. The van der Waals surface area contributed by atoms with Gasteiger partial charge in [-0.15, -0.1) is 0 Å². The van der Waals surface area contributed by atoms with Crippen molar-refractivity contribution in [2.24, 2.45) is 0 Å². The fourth-order valence-electron chi connectivity index (χ4n) is 9.86. The van der Waals surface area contributed by atoms with Crippen LogP contribution in [0, 0.1) is 0 Å². The van der Waals surface area contributed by atoms with Crippen LogP contribution in [0.15, 0.2) is 186 Å². The summed E-state index contributed by atoms with van der Waals surface area (Å²) in [7, 11) is 0. The Morgan fingerprint density at radius 3 is 1.67 bits per heavy atom. The molecule has 13 rings (SSSR count). The molecule has 0 amide bonds. The quantitative estimate of drug-likeness (QED) is 0.130. The van der Waals surface area contributed by atoms with Gasteiger partial charge in [0.2, 0.25) is 0 Å². The van der Waals surface area contributed by atoms with Crippen LogP contribution in [0.5, 0.6) is 0 Å². The maximum atomic E-state index is 6.99. The Morgan fingerprint density at radius 1 is 0.255 bits per heavy atom. The first kappa shape index (κ1) is 29.3. The van der Waals surface area contributed by atoms with E-state index in [9.17, 15) is 0 Å². The summed E-state index contributed by atoms with van der Waals surface area (Å²) < 4.78 is 6.99. The maximum absolute atomic E-state index is 6.99. The third-order valence-corrected chi connectivity index (χ3v) is 12.3. The largest absolute Gasteiger partial charge is 0.456 e. The second-order valence-corrected chi connectivity index (χ2v) is 15.2. The second-order valence-electron chi connectivity index (χ2n) is 15.2. The minimum absolute atomic E-state index is 0.898. The molecule has 0 radical (unpaired) electrons.